The molecule has 0 aliphatic heterocycles. The van der Waals surface area contributed by atoms with Gasteiger partial charge in [-0.25, -0.2) is 9.97 Å². The first-order chi connectivity index (χ1) is 9.33. The van der Waals surface area contributed by atoms with Crippen molar-refractivity contribution in [3.05, 3.63) is 30.9 Å². The summed E-state index contributed by atoms with van der Waals surface area (Å²) in [6.45, 7) is 1.76. The van der Waals surface area contributed by atoms with Gasteiger partial charge in [-0.1, -0.05) is 0 Å². The van der Waals surface area contributed by atoms with E-state index in [9.17, 15) is 0 Å². The molecule has 0 unspecified atom stereocenters. The molecule has 5 nitrogen and oxygen atoms in total. The normalized spacial score (nSPS) is 10.8. The van der Waals surface area contributed by atoms with Crippen molar-refractivity contribution >= 4 is 5.82 Å². The van der Waals surface area contributed by atoms with E-state index >= 15 is 0 Å². The average molecular weight is 260 g/mol. The van der Waals surface area contributed by atoms with E-state index in [0.717, 1.165) is 43.7 Å². The third-order valence-electron chi connectivity index (χ3n) is 3.07. The summed E-state index contributed by atoms with van der Waals surface area (Å²) in [5.74, 6) is 0.545. The van der Waals surface area contributed by atoms with Gasteiger partial charge in [0.1, 0.15) is 5.82 Å². The third kappa shape index (κ3) is 3.54. The first kappa shape index (κ1) is 13.5. The lowest BCUT2D eigenvalue weighted by Gasteiger charge is -2.09. The molecule has 0 saturated heterocycles. The molecule has 0 amide bonds. The van der Waals surface area contributed by atoms with Gasteiger partial charge in [-0.15, -0.1) is 0 Å². The minimum absolute atomic E-state index is 0.545. The number of pyridine rings is 1. The highest BCUT2D eigenvalue weighted by Crippen LogP contribution is 2.23. The van der Waals surface area contributed by atoms with Gasteiger partial charge in [-0.3, -0.25) is 0 Å². The van der Waals surface area contributed by atoms with Crippen molar-refractivity contribution in [1.29, 1.82) is 0 Å². The van der Waals surface area contributed by atoms with Crippen molar-refractivity contribution in [2.45, 2.75) is 25.8 Å². The minimum atomic E-state index is 0.545. The van der Waals surface area contributed by atoms with Crippen LogP contribution in [0.3, 0.4) is 0 Å². The number of methoxy groups -OCH3 is 1. The molecule has 2 aromatic rings. The number of aryl methyl sites for hydroxylation is 1. The Bertz CT molecular complexity index is 510. The first-order valence-electron chi connectivity index (χ1n) is 6.53. The predicted octanol–water partition coefficient (Wildman–Crippen LogP) is 2.34. The average Bonchev–Trinajstić information content (AvgIpc) is 2.87. The van der Waals surface area contributed by atoms with E-state index in [1.54, 1.807) is 13.3 Å². The molecular formula is C14H20N4O. The Hall–Kier alpha value is -1.88. The van der Waals surface area contributed by atoms with Gasteiger partial charge < -0.3 is 15.0 Å². The molecule has 0 bridgehead atoms. The molecule has 0 fully saturated rings. The van der Waals surface area contributed by atoms with Gasteiger partial charge in [0.05, 0.1) is 18.2 Å². The lowest BCUT2D eigenvalue weighted by atomic mass is 10.2. The summed E-state index contributed by atoms with van der Waals surface area (Å²) in [7, 11) is 1.74. The van der Waals surface area contributed by atoms with Crippen LogP contribution in [0.1, 0.15) is 19.3 Å². The number of nitrogens with zero attached hydrogens (tertiary/aromatic N) is 3. The van der Waals surface area contributed by atoms with E-state index in [2.05, 4.69) is 14.5 Å². The Balaban J connectivity index is 2.00. The van der Waals surface area contributed by atoms with Crippen LogP contribution in [0.5, 0.6) is 0 Å². The summed E-state index contributed by atoms with van der Waals surface area (Å²) < 4.78 is 7.17. The molecule has 0 aliphatic carbocycles. The Kier molecular flexibility index (Phi) is 4.92. The SMILES string of the molecule is COCCCCCn1cncc1-c1cccnc1N. The second kappa shape index (κ2) is 6.89. The van der Waals surface area contributed by atoms with Crippen LogP contribution in [0.25, 0.3) is 11.3 Å². The molecule has 5 heteroatoms. The molecule has 0 atom stereocenters. The topological polar surface area (TPSA) is 66.0 Å². The lowest BCUT2D eigenvalue weighted by Crippen LogP contribution is -2.02. The molecule has 2 rings (SSSR count). The van der Waals surface area contributed by atoms with Crippen LogP contribution >= 0.6 is 0 Å². The van der Waals surface area contributed by atoms with E-state index in [0.29, 0.717) is 5.82 Å². The van der Waals surface area contributed by atoms with Crippen LogP contribution in [0.2, 0.25) is 0 Å². The number of anilines is 1. The minimum Gasteiger partial charge on any atom is -0.385 e. The molecule has 19 heavy (non-hydrogen) atoms. The van der Waals surface area contributed by atoms with Gasteiger partial charge in [0, 0.05) is 32.0 Å². The van der Waals surface area contributed by atoms with Gasteiger partial charge in [0.2, 0.25) is 0 Å². The number of imidazole rings is 1. The van der Waals surface area contributed by atoms with Crippen molar-refractivity contribution in [1.82, 2.24) is 14.5 Å². The molecule has 0 saturated carbocycles. The number of hydrogen-bond donors (Lipinski definition) is 1. The Morgan fingerprint density at radius 1 is 1.32 bits per heavy atom. The highest BCUT2D eigenvalue weighted by molar-refractivity contribution is 5.70. The maximum absolute atomic E-state index is 5.91. The van der Waals surface area contributed by atoms with Crippen LogP contribution in [0.4, 0.5) is 5.82 Å². The standard InChI is InChI=1S/C14H20N4O/c1-19-9-4-2-3-8-18-11-16-10-13(18)12-6-5-7-17-14(12)15/h5-7,10-11H,2-4,8-9H2,1H3,(H2,15,17). The smallest absolute Gasteiger partial charge is 0.132 e. The molecule has 2 N–H and O–H groups in total. The third-order valence-corrected chi connectivity index (χ3v) is 3.07. The molecular weight excluding hydrogens is 240 g/mol. The summed E-state index contributed by atoms with van der Waals surface area (Å²) in [6.07, 6.45) is 8.72. The van der Waals surface area contributed by atoms with Crippen molar-refractivity contribution in [3.8, 4) is 11.3 Å². The highest BCUT2D eigenvalue weighted by atomic mass is 16.5. The fourth-order valence-electron chi connectivity index (χ4n) is 2.06. The van der Waals surface area contributed by atoms with E-state index in [1.807, 2.05) is 24.7 Å². The largest absolute Gasteiger partial charge is 0.385 e. The van der Waals surface area contributed by atoms with Crippen LogP contribution in [0.15, 0.2) is 30.9 Å². The number of nitrogen functional groups attached to an aromatic ring is 1. The van der Waals surface area contributed by atoms with Crippen molar-refractivity contribution in [3.63, 3.8) is 0 Å². The van der Waals surface area contributed by atoms with E-state index in [1.165, 1.54) is 0 Å². The van der Waals surface area contributed by atoms with Gasteiger partial charge in [-0.05, 0) is 31.4 Å². The Labute approximate surface area is 113 Å². The van der Waals surface area contributed by atoms with E-state index in [4.69, 9.17) is 10.5 Å². The second-order valence-corrected chi connectivity index (χ2v) is 4.46. The maximum atomic E-state index is 5.91. The number of hydrogen-bond acceptors (Lipinski definition) is 4. The number of rotatable bonds is 7. The number of ether oxygens (including phenoxy) is 1. The summed E-state index contributed by atoms with van der Waals surface area (Å²) in [5, 5.41) is 0. The van der Waals surface area contributed by atoms with E-state index in [-0.39, 0.29) is 0 Å². The monoisotopic (exact) mass is 260 g/mol. The van der Waals surface area contributed by atoms with E-state index < -0.39 is 0 Å². The molecule has 0 aliphatic rings. The van der Waals surface area contributed by atoms with Gasteiger partial charge >= 0.3 is 0 Å². The molecule has 102 valence electrons. The van der Waals surface area contributed by atoms with Gasteiger partial charge in [-0.2, -0.15) is 0 Å². The summed E-state index contributed by atoms with van der Waals surface area (Å²) in [6, 6.07) is 3.86. The molecule has 0 spiro atoms. The van der Waals surface area contributed by atoms with Crippen LogP contribution in [-0.2, 0) is 11.3 Å². The van der Waals surface area contributed by atoms with Crippen LogP contribution in [-0.4, -0.2) is 28.3 Å². The molecule has 2 heterocycles. The fraction of sp³-hybridized carbons (Fsp3) is 0.429. The Morgan fingerprint density at radius 2 is 2.21 bits per heavy atom. The lowest BCUT2D eigenvalue weighted by molar-refractivity contribution is 0.191. The number of nitrogens with two attached hydrogens (primary N) is 1. The molecule has 2 aromatic heterocycles. The van der Waals surface area contributed by atoms with Gasteiger partial charge in [0.25, 0.3) is 0 Å². The quantitative estimate of drug-likeness (QED) is 0.776. The second-order valence-electron chi connectivity index (χ2n) is 4.46. The first-order valence-corrected chi connectivity index (χ1v) is 6.53. The summed E-state index contributed by atoms with van der Waals surface area (Å²) >= 11 is 0. The zero-order chi connectivity index (χ0) is 13.5. The number of unbranched alkanes of at least 4 members (excludes halogenated alkanes) is 2. The highest BCUT2D eigenvalue weighted by Gasteiger charge is 2.08. The maximum Gasteiger partial charge on any atom is 0.132 e. The van der Waals surface area contributed by atoms with Crippen LogP contribution in [0, 0.1) is 0 Å². The molecule has 0 radical (unpaired) electrons. The predicted molar refractivity (Wildman–Crippen MR) is 75.6 cm³/mol. The van der Waals surface area contributed by atoms with Crippen LogP contribution < -0.4 is 5.73 Å². The zero-order valence-corrected chi connectivity index (χ0v) is 11.2. The van der Waals surface area contributed by atoms with Crippen molar-refractivity contribution in [2.75, 3.05) is 19.5 Å². The zero-order valence-electron chi connectivity index (χ0n) is 11.2. The summed E-state index contributed by atoms with van der Waals surface area (Å²) in [4.78, 5) is 8.33. The Morgan fingerprint density at radius 3 is 3.00 bits per heavy atom. The number of aromatic nitrogens is 3. The molecule has 0 aromatic carbocycles. The van der Waals surface area contributed by atoms with Crippen molar-refractivity contribution in [2.24, 2.45) is 0 Å². The van der Waals surface area contributed by atoms with Crippen molar-refractivity contribution < 1.29 is 4.74 Å². The fourth-order valence-corrected chi connectivity index (χ4v) is 2.06. The van der Waals surface area contributed by atoms with Gasteiger partial charge in [0.15, 0.2) is 0 Å². The summed E-state index contributed by atoms with van der Waals surface area (Å²) in [5.41, 5.74) is 7.87.